The van der Waals surface area contributed by atoms with E-state index in [1.165, 1.54) is 6.08 Å². The lowest BCUT2D eigenvalue weighted by molar-refractivity contribution is -0.118. The molecule has 0 bridgehead atoms. The van der Waals surface area contributed by atoms with Gasteiger partial charge in [-0.3, -0.25) is 9.59 Å². The first-order valence-corrected chi connectivity index (χ1v) is 12.0. The van der Waals surface area contributed by atoms with Crippen LogP contribution in [0.4, 0.5) is 11.4 Å². The number of nitrogens with zero attached hydrogens (tertiary/aromatic N) is 1. The van der Waals surface area contributed by atoms with Gasteiger partial charge in [-0.1, -0.05) is 41.4 Å². The number of nitriles is 1. The number of hydrogen-bond donors (Lipinski definition) is 2. The molecule has 0 fully saturated rings. The molecule has 0 heterocycles. The summed E-state index contributed by atoms with van der Waals surface area (Å²) in [6, 6.07) is 18.0. The summed E-state index contributed by atoms with van der Waals surface area (Å²) in [6.45, 7) is 7.66. The molecule has 2 amide bonds. The Morgan fingerprint density at radius 2 is 1.76 bits per heavy atom. The molecule has 3 rings (SSSR count). The van der Waals surface area contributed by atoms with Crippen molar-refractivity contribution in [3.05, 3.63) is 87.4 Å². The van der Waals surface area contributed by atoms with Crippen molar-refractivity contribution in [3.63, 3.8) is 0 Å². The van der Waals surface area contributed by atoms with E-state index in [2.05, 4.69) is 10.6 Å². The predicted molar refractivity (Wildman–Crippen MR) is 146 cm³/mol. The number of carbonyl (C=O) groups excluding carboxylic acids is 2. The zero-order valence-electron chi connectivity index (χ0n) is 21.1. The minimum atomic E-state index is -0.552. The third-order valence-electron chi connectivity index (χ3n) is 5.54. The fraction of sp³-hybridized carbons (Fsp3) is 0.207. The Kier molecular flexibility index (Phi) is 9.31. The number of carbonyl (C=O) groups is 2. The van der Waals surface area contributed by atoms with E-state index in [0.717, 1.165) is 16.7 Å². The second-order valence-electron chi connectivity index (χ2n) is 8.34. The molecule has 7 nitrogen and oxygen atoms in total. The van der Waals surface area contributed by atoms with Gasteiger partial charge in [0.2, 0.25) is 0 Å². The highest BCUT2D eigenvalue weighted by molar-refractivity contribution is 6.32. The number of nitrogens with one attached hydrogen (secondary N) is 2. The van der Waals surface area contributed by atoms with Gasteiger partial charge in [-0.05, 0) is 80.8 Å². The molecule has 0 atom stereocenters. The highest BCUT2D eigenvalue weighted by Gasteiger charge is 2.16. The van der Waals surface area contributed by atoms with Crippen LogP contribution in [0, 0.1) is 32.1 Å². The van der Waals surface area contributed by atoms with Crippen LogP contribution in [0.1, 0.15) is 29.2 Å². The number of benzene rings is 3. The third kappa shape index (κ3) is 7.35. The molecule has 8 heteroatoms. The van der Waals surface area contributed by atoms with Gasteiger partial charge in [0.1, 0.15) is 11.6 Å². The summed E-state index contributed by atoms with van der Waals surface area (Å²) < 4.78 is 11.4. The summed E-state index contributed by atoms with van der Waals surface area (Å²) in [7, 11) is 0. The third-order valence-corrected chi connectivity index (χ3v) is 5.82. The first-order chi connectivity index (χ1) is 17.7. The molecule has 0 unspecified atom stereocenters. The second-order valence-corrected chi connectivity index (χ2v) is 8.74. The number of aryl methyl sites for hydroxylation is 2. The van der Waals surface area contributed by atoms with Crippen molar-refractivity contribution in [3.8, 4) is 17.6 Å². The van der Waals surface area contributed by atoms with Gasteiger partial charge in [0.05, 0.1) is 11.6 Å². The Bertz CT molecular complexity index is 1380. The maximum absolute atomic E-state index is 12.6. The van der Waals surface area contributed by atoms with Crippen molar-refractivity contribution < 1.29 is 19.1 Å². The molecule has 0 radical (unpaired) electrons. The Morgan fingerprint density at radius 3 is 2.43 bits per heavy atom. The van der Waals surface area contributed by atoms with E-state index in [9.17, 15) is 14.9 Å². The lowest BCUT2D eigenvalue weighted by Gasteiger charge is -2.15. The molecule has 3 aromatic carbocycles. The van der Waals surface area contributed by atoms with E-state index < -0.39 is 5.91 Å². The van der Waals surface area contributed by atoms with Crippen LogP contribution in [0.5, 0.6) is 11.5 Å². The van der Waals surface area contributed by atoms with Crippen molar-refractivity contribution in [2.45, 2.75) is 27.7 Å². The zero-order chi connectivity index (χ0) is 26.9. The standard InChI is InChI=1S/C29H28ClN3O4/c1-5-36-26-15-21(13-22(16-31)29(35)32-23-11-9-18(2)10-12-23)14-24(30)28(26)37-17-27(34)33-25-8-6-7-19(3)20(25)4/h6-15H,5,17H2,1-4H3,(H,32,35)(H,33,34)/b22-13-. The number of amides is 2. The minimum Gasteiger partial charge on any atom is -0.490 e. The van der Waals surface area contributed by atoms with Gasteiger partial charge >= 0.3 is 0 Å². The number of halogens is 1. The van der Waals surface area contributed by atoms with Crippen molar-refractivity contribution in [1.29, 1.82) is 5.26 Å². The molecule has 0 saturated heterocycles. The summed E-state index contributed by atoms with van der Waals surface area (Å²) >= 11 is 6.46. The summed E-state index contributed by atoms with van der Waals surface area (Å²) in [5.41, 5.74) is 4.73. The SMILES string of the molecule is CCOc1cc(/C=C(/C#N)C(=O)Nc2ccc(C)cc2)cc(Cl)c1OCC(=O)Nc1cccc(C)c1C. The molecule has 0 aromatic heterocycles. The van der Waals surface area contributed by atoms with Crippen LogP contribution in [0.2, 0.25) is 5.02 Å². The Morgan fingerprint density at radius 1 is 1.03 bits per heavy atom. The van der Waals surface area contributed by atoms with Crippen LogP contribution < -0.4 is 20.1 Å². The van der Waals surface area contributed by atoms with E-state index >= 15 is 0 Å². The highest BCUT2D eigenvalue weighted by atomic mass is 35.5. The molecule has 0 aliphatic carbocycles. The average Bonchev–Trinajstić information content (AvgIpc) is 2.86. The lowest BCUT2D eigenvalue weighted by Crippen LogP contribution is -2.21. The molecule has 3 aromatic rings. The predicted octanol–water partition coefficient (Wildman–Crippen LogP) is 6.23. The van der Waals surface area contributed by atoms with Crippen LogP contribution >= 0.6 is 11.6 Å². The van der Waals surface area contributed by atoms with E-state index in [4.69, 9.17) is 21.1 Å². The molecule has 0 aliphatic heterocycles. The van der Waals surface area contributed by atoms with Gasteiger partial charge in [0.25, 0.3) is 11.8 Å². The molecule has 0 aliphatic rings. The second kappa shape index (κ2) is 12.6. The fourth-order valence-electron chi connectivity index (χ4n) is 3.44. The van der Waals surface area contributed by atoms with Crippen LogP contribution in [0.15, 0.2) is 60.2 Å². The molecular weight excluding hydrogens is 490 g/mol. The van der Waals surface area contributed by atoms with E-state index in [0.29, 0.717) is 23.5 Å². The smallest absolute Gasteiger partial charge is 0.266 e. The zero-order valence-corrected chi connectivity index (χ0v) is 21.9. The number of rotatable bonds is 9. The molecule has 2 N–H and O–H groups in total. The normalized spacial score (nSPS) is 10.9. The van der Waals surface area contributed by atoms with Gasteiger partial charge in [0, 0.05) is 11.4 Å². The quantitative estimate of drug-likeness (QED) is 0.259. The van der Waals surface area contributed by atoms with Crippen LogP contribution in [-0.4, -0.2) is 25.0 Å². The number of hydrogen-bond acceptors (Lipinski definition) is 5. The van der Waals surface area contributed by atoms with E-state index in [1.54, 1.807) is 31.2 Å². The first kappa shape index (κ1) is 27.3. The van der Waals surface area contributed by atoms with Gasteiger partial charge in [0.15, 0.2) is 18.1 Å². The largest absolute Gasteiger partial charge is 0.490 e. The van der Waals surface area contributed by atoms with Crippen molar-refractivity contribution in [2.75, 3.05) is 23.8 Å². The van der Waals surface area contributed by atoms with Crippen molar-refractivity contribution in [2.24, 2.45) is 0 Å². The molecule has 0 saturated carbocycles. The molecule has 0 spiro atoms. The maximum atomic E-state index is 12.6. The first-order valence-electron chi connectivity index (χ1n) is 11.7. The van der Waals surface area contributed by atoms with E-state index in [1.807, 2.05) is 57.2 Å². The molecule has 190 valence electrons. The van der Waals surface area contributed by atoms with Crippen LogP contribution in [-0.2, 0) is 9.59 Å². The monoisotopic (exact) mass is 517 g/mol. The number of ether oxygens (including phenoxy) is 2. The summed E-state index contributed by atoms with van der Waals surface area (Å²) in [5.74, 6) is -0.420. The number of anilines is 2. The Labute approximate surface area is 221 Å². The molecule has 37 heavy (non-hydrogen) atoms. The summed E-state index contributed by atoms with van der Waals surface area (Å²) in [6.07, 6.45) is 1.41. The molecular formula is C29H28ClN3O4. The van der Waals surface area contributed by atoms with Crippen molar-refractivity contribution >= 4 is 40.9 Å². The summed E-state index contributed by atoms with van der Waals surface area (Å²) in [4.78, 5) is 25.1. The van der Waals surface area contributed by atoms with Crippen molar-refractivity contribution in [1.82, 2.24) is 0 Å². The van der Waals surface area contributed by atoms with E-state index in [-0.39, 0.29) is 34.6 Å². The minimum absolute atomic E-state index is 0.110. The Balaban J connectivity index is 1.77. The highest BCUT2D eigenvalue weighted by Crippen LogP contribution is 2.37. The van der Waals surface area contributed by atoms with Gasteiger partial charge in [-0.2, -0.15) is 5.26 Å². The summed E-state index contributed by atoms with van der Waals surface area (Å²) in [5, 5.41) is 15.3. The average molecular weight is 518 g/mol. The fourth-order valence-corrected chi connectivity index (χ4v) is 3.71. The van der Waals surface area contributed by atoms with Gasteiger partial charge in [-0.15, -0.1) is 0 Å². The maximum Gasteiger partial charge on any atom is 0.266 e. The van der Waals surface area contributed by atoms with Crippen LogP contribution in [0.25, 0.3) is 6.08 Å². The van der Waals surface area contributed by atoms with Crippen LogP contribution in [0.3, 0.4) is 0 Å². The lowest BCUT2D eigenvalue weighted by atomic mass is 10.1. The van der Waals surface area contributed by atoms with Gasteiger partial charge < -0.3 is 20.1 Å². The topological polar surface area (TPSA) is 100 Å². The van der Waals surface area contributed by atoms with Gasteiger partial charge in [-0.25, -0.2) is 0 Å². The Hall–Kier alpha value is -4.28.